The second-order valence-electron chi connectivity index (χ2n) is 14.6. The minimum absolute atomic E-state index is 0.0588. The maximum Gasteiger partial charge on any atom is 0.410 e. The summed E-state index contributed by atoms with van der Waals surface area (Å²) in [5, 5.41) is 4.90. The fraction of sp³-hybridized carbons (Fsp3) is 0.583. The van der Waals surface area contributed by atoms with Gasteiger partial charge in [-0.15, -0.1) is 6.58 Å². The van der Waals surface area contributed by atoms with E-state index in [1.165, 1.54) is 11.0 Å². The van der Waals surface area contributed by atoms with Crippen LogP contribution >= 0.6 is 0 Å². The minimum atomic E-state index is -3.90. The second-order valence-corrected chi connectivity index (χ2v) is 16.6. The summed E-state index contributed by atoms with van der Waals surface area (Å²) in [5.74, 6) is -2.77. The van der Waals surface area contributed by atoms with Crippen LogP contribution in [0, 0.1) is 11.8 Å². The van der Waals surface area contributed by atoms with Crippen LogP contribution in [0.2, 0.25) is 0 Å². The highest BCUT2D eigenvalue weighted by Gasteiger charge is 2.62. The van der Waals surface area contributed by atoms with Crippen LogP contribution in [0.1, 0.15) is 80.9 Å². The van der Waals surface area contributed by atoms with Gasteiger partial charge in [-0.05, 0) is 67.6 Å². The summed E-state index contributed by atoms with van der Waals surface area (Å²) in [7, 11) is -3.90. The predicted molar refractivity (Wildman–Crippen MR) is 184 cm³/mol. The summed E-state index contributed by atoms with van der Waals surface area (Å²) in [6, 6.07) is 3.72. The molecule has 5 atom stereocenters. The van der Waals surface area contributed by atoms with E-state index in [4.69, 9.17) is 9.47 Å². The molecular weight excluding hydrogens is 678 g/mol. The van der Waals surface area contributed by atoms with E-state index in [9.17, 15) is 32.4 Å². The fourth-order valence-corrected chi connectivity index (χ4v) is 9.30. The summed E-state index contributed by atoms with van der Waals surface area (Å²) in [6.07, 6.45) is 8.68. The number of nitrogens with one attached hydrogen (secondary N) is 3. The van der Waals surface area contributed by atoms with E-state index in [0.717, 1.165) is 29.5 Å². The van der Waals surface area contributed by atoms with Crippen molar-refractivity contribution >= 4 is 46.0 Å². The number of allylic oxidation sites excluding steroid dienone is 1. The standard InChI is InChI=1S/C36H45N5O9S/c1-2-25-18-36(25,33(44)39-51(47,48)27-14-15-27)38-31(42)29-17-26-20-41(29)32(43)30(23-10-5-6-11-23)37-34(45)49-16-7-3-4-9-22-12-8-13-24-19-40(21-28(22)24)35(46)50-26/h2,4,8-9,12-13,23,25-27,29-30H,1,3,5-7,10-11,14-21H2,(H,37,45)(H,38,42)(H,39,44)/t25-,26-,29+,30+,36-/m1/s1. The Morgan fingerprint density at radius 2 is 1.84 bits per heavy atom. The van der Waals surface area contributed by atoms with Gasteiger partial charge in [-0.1, -0.05) is 49.3 Å². The highest BCUT2D eigenvalue weighted by atomic mass is 32.2. The van der Waals surface area contributed by atoms with Crippen molar-refractivity contribution in [1.82, 2.24) is 25.2 Å². The van der Waals surface area contributed by atoms with E-state index in [1.54, 1.807) is 4.90 Å². The van der Waals surface area contributed by atoms with Gasteiger partial charge in [-0.3, -0.25) is 24.0 Å². The van der Waals surface area contributed by atoms with E-state index in [2.05, 4.69) is 21.9 Å². The van der Waals surface area contributed by atoms with Crippen LogP contribution in [0.15, 0.2) is 36.9 Å². The molecule has 3 aliphatic heterocycles. The number of nitrogens with zero attached hydrogens (tertiary/aromatic N) is 2. The third-order valence-corrected chi connectivity index (χ3v) is 12.9. The van der Waals surface area contributed by atoms with Crippen LogP contribution in [0.3, 0.4) is 0 Å². The Labute approximate surface area is 297 Å². The van der Waals surface area contributed by atoms with E-state index in [-0.39, 0.29) is 31.9 Å². The number of amides is 5. The number of ether oxygens (including phenoxy) is 2. The first kappa shape index (κ1) is 35.0. The molecule has 1 saturated heterocycles. The van der Waals surface area contributed by atoms with Crippen molar-refractivity contribution in [2.45, 2.75) is 106 Å². The largest absolute Gasteiger partial charge is 0.450 e. The lowest BCUT2D eigenvalue weighted by Gasteiger charge is -2.32. The highest BCUT2D eigenvalue weighted by molar-refractivity contribution is 7.91. The van der Waals surface area contributed by atoms with Crippen LogP contribution in [0.4, 0.5) is 9.59 Å². The third kappa shape index (κ3) is 7.22. The van der Waals surface area contributed by atoms with Crippen molar-refractivity contribution in [3.05, 3.63) is 53.6 Å². The predicted octanol–water partition coefficient (Wildman–Crippen LogP) is 2.87. The molecule has 1 aromatic carbocycles. The second kappa shape index (κ2) is 14.0. The molecule has 3 saturated carbocycles. The number of cyclic esters (lactones) is 1. The number of alkyl carbamates (subject to hydrolysis) is 1. The number of fused-ring (bicyclic) bond motifs is 3. The molecule has 3 N–H and O–H groups in total. The summed E-state index contributed by atoms with van der Waals surface area (Å²) in [5.41, 5.74) is 1.42. The molecule has 4 fully saturated rings. The molecule has 6 aliphatic rings. The van der Waals surface area contributed by atoms with Crippen molar-refractivity contribution in [3.8, 4) is 0 Å². The third-order valence-electron chi connectivity index (χ3n) is 11.1. The van der Waals surface area contributed by atoms with E-state index >= 15 is 0 Å². The molecule has 51 heavy (non-hydrogen) atoms. The maximum absolute atomic E-state index is 14.4. The number of sulfonamides is 1. The SMILES string of the molecule is C=C[C@@H]1C[C@]1(NC(=O)[C@@H]1C[C@@H]2CN1C(=O)[C@H](C1CCCC1)NC(=O)OCCCC=Cc1cccc3c1CN(C3)C(=O)O2)C(=O)NS(=O)(=O)C1CC1. The molecule has 14 nitrogen and oxygen atoms in total. The first-order chi connectivity index (χ1) is 24.5. The van der Waals surface area contributed by atoms with E-state index < -0.39 is 74.8 Å². The van der Waals surface area contributed by atoms with E-state index in [1.807, 2.05) is 30.4 Å². The van der Waals surface area contributed by atoms with Crippen molar-refractivity contribution in [2.75, 3.05) is 13.2 Å². The van der Waals surface area contributed by atoms with Crippen LogP contribution < -0.4 is 15.4 Å². The molecular formula is C36H45N5O9S. The minimum Gasteiger partial charge on any atom is -0.450 e. The van der Waals surface area contributed by atoms with Crippen molar-refractivity contribution < 1.29 is 41.9 Å². The van der Waals surface area contributed by atoms with Gasteiger partial charge in [0.15, 0.2) is 0 Å². The van der Waals surface area contributed by atoms with Gasteiger partial charge >= 0.3 is 12.2 Å². The van der Waals surface area contributed by atoms with Crippen molar-refractivity contribution in [3.63, 3.8) is 0 Å². The quantitative estimate of drug-likeness (QED) is 0.357. The molecule has 4 bridgehead atoms. The number of hydrogen-bond donors (Lipinski definition) is 3. The van der Waals surface area contributed by atoms with Gasteiger partial charge in [-0.2, -0.15) is 0 Å². The zero-order chi connectivity index (χ0) is 35.9. The van der Waals surface area contributed by atoms with Crippen LogP contribution in [-0.2, 0) is 47.0 Å². The Kier molecular flexibility index (Phi) is 9.59. The van der Waals surface area contributed by atoms with Crippen molar-refractivity contribution in [1.29, 1.82) is 0 Å². The molecule has 1 aromatic rings. The van der Waals surface area contributed by atoms with Crippen LogP contribution in [0.5, 0.6) is 0 Å². The lowest BCUT2D eigenvalue weighted by atomic mass is 9.96. The monoisotopic (exact) mass is 723 g/mol. The summed E-state index contributed by atoms with van der Waals surface area (Å²) in [6.45, 7) is 4.48. The van der Waals surface area contributed by atoms with Gasteiger partial charge in [0.05, 0.1) is 24.9 Å². The molecule has 0 aromatic heterocycles. The summed E-state index contributed by atoms with van der Waals surface area (Å²) in [4.78, 5) is 71.6. The molecule has 3 aliphatic carbocycles. The fourth-order valence-electron chi connectivity index (χ4n) is 7.94. The van der Waals surface area contributed by atoms with Crippen LogP contribution in [0.25, 0.3) is 6.08 Å². The lowest BCUT2D eigenvalue weighted by Crippen LogP contribution is -2.59. The molecule has 0 spiro atoms. The van der Waals surface area contributed by atoms with Gasteiger partial charge in [0.25, 0.3) is 5.91 Å². The molecule has 0 radical (unpaired) electrons. The summed E-state index contributed by atoms with van der Waals surface area (Å²) < 4.78 is 38.9. The van der Waals surface area contributed by atoms with Crippen molar-refractivity contribution in [2.24, 2.45) is 11.8 Å². The normalized spacial score (nSPS) is 30.0. The van der Waals surface area contributed by atoms with Crippen LogP contribution in [-0.4, -0.2) is 90.3 Å². The Balaban J connectivity index is 1.16. The summed E-state index contributed by atoms with van der Waals surface area (Å²) >= 11 is 0. The first-order valence-corrected chi connectivity index (χ1v) is 19.5. The Hall–Kier alpha value is -4.40. The molecule has 15 heteroatoms. The maximum atomic E-state index is 14.4. The number of hydrogen-bond acceptors (Lipinski definition) is 9. The molecule has 3 heterocycles. The topological polar surface area (TPSA) is 181 Å². The Bertz CT molecular complexity index is 1750. The number of benzene rings is 1. The number of carbonyl (C=O) groups is 5. The highest BCUT2D eigenvalue weighted by Crippen LogP contribution is 2.45. The smallest absolute Gasteiger partial charge is 0.410 e. The zero-order valence-corrected chi connectivity index (χ0v) is 29.3. The number of carbonyl (C=O) groups excluding carboxylic acids is 5. The van der Waals surface area contributed by atoms with Gasteiger partial charge < -0.3 is 25.0 Å². The lowest BCUT2D eigenvalue weighted by molar-refractivity contribution is -0.142. The van der Waals surface area contributed by atoms with Gasteiger partial charge in [0, 0.05) is 18.9 Å². The average molecular weight is 724 g/mol. The van der Waals surface area contributed by atoms with Gasteiger partial charge in [-0.25, -0.2) is 18.0 Å². The number of rotatable bonds is 7. The Morgan fingerprint density at radius 3 is 2.57 bits per heavy atom. The molecule has 0 unspecified atom stereocenters. The average Bonchev–Trinajstić information content (AvgIpc) is 3.88. The zero-order valence-electron chi connectivity index (χ0n) is 28.5. The first-order valence-electron chi connectivity index (χ1n) is 18.0. The Morgan fingerprint density at radius 1 is 1.06 bits per heavy atom. The molecule has 7 rings (SSSR count). The van der Waals surface area contributed by atoms with Gasteiger partial charge in [0.1, 0.15) is 23.7 Å². The molecule has 274 valence electrons. The van der Waals surface area contributed by atoms with Gasteiger partial charge in [0.2, 0.25) is 21.8 Å². The molecule has 5 amide bonds. The van der Waals surface area contributed by atoms with E-state index in [0.29, 0.717) is 51.6 Å².